The first kappa shape index (κ1) is 14.7. The Hall–Kier alpha value is -2.69. The van der Waals surface area contributed by atoms with Crippen LogP contribution in [0.4, 0.5) is 5.95 Å². The average molecular weight is 282 g/mol. The van der Waals surface area contributed by atoms with Gasteiger partial charge in [0, 0.05) is 32.5 Å². The zero-order chi connectivity index (χ0) is 15.1. The average Bonchev–Trinajstić information content (AvgIpc) is 2.53. The maximum Gasteiger partial charge on any atom is 0.254 e. The van der Waals surface area contributed by atoms with Gasteiger partial charge >= 0.3 is 0 Å². The van der Waals surface area contributed by atoms with Gasteiger partial charge in [-0.2, -0.15) is 0 Å². The van der Waals surface area contributed by atoms with Gasteiger partial charge in [-0.1, -0.05) is 36.4 Å². The van der Waals surface area contributed by atoms with Crippen LogP contribution in [0.3, 0.4) is 0 Å². The van der Waals surface area contributed by atoms with E-state index in [4.69, 9.17) is 0 Å². The predicted molar refractivity (Wildman–Crippen MR) is 83.1 cm³/mol. The van der Waals surface area contributed by atoms with E-state index in [0.29, 0.717) is 24.6 Å². The number of benzene rings is 1. The van der Waals surface area contributed by atoms with E-state index in [2.05, 4.69) is 21.9 Å². The van der Waals surface area contributed by atoms with Gasteiger partial charge in [0.15, 0.2) is 0 Å². The second-order valence-corrected chi connectivity index (χ2v) is 4.61. The van der Waals surface area contributed by atoms with Gasteiger partial charge < -0.3 is 10.2 Å². The standard InChI is InChI=1S/C16H18N4O/c1-3-9-17-15(21)14-10-18-16(19-11-14)20(2)12-13-7-5-4-6-8-13/h3-8,10-11H,1,9,12H2,2H3,(H,17,21). The number of aromatic nitrogens is 2. The highest BCUT2D eigenvalue weighted by Gasteiger charge is 2.08. The Labute approximate surface area is 124 Å². The van der Waals surface area contributed by atoms with Gasteiger partial charge in [0.1, 0.15) is 0 Å². The third kappa shape index (κ3) is 4.14. The zero-order valence-electron chi connectivity index (χ0n) is 12.0. The van der Waals surface area contributed by atoms with Gasteiger partial charge in [-0.05, 0) is 5.56 Å². The second-order valence-electron chi connectivity index (χ2n) is 4.61. The monoisotopic (exact) mass is 282 g/mol. The molecule has 1 aromatic heterocycles. The third-order valence-electron chi connectivity index (χ3n) is 2.91. The van der Waals surface area contributed by atoms with Crippen molar-refractivity contribution in [2.75, 3.05) is 18.5 Å². The molecule has 0 bridgehead atoms. The van der Waals surface area contributed by atoms with Gasteiger partial charge in [-0.25, -0.2) is 9.97 Å². The number of hydrogen-bond donors (Lipinski definition) is 1. The van der Waals surface area contributed by atoms with E-state index in [1.807, 2.05) is 42.3 Å². The number of hydrogen-bond acceptors (Lipinski definition) is 4. The maximum absolute atomic E-state index is 11.7. The van der Waals surface area contributed by atoms with E-state index in [1.54, 1.807) is 6.08 Å². The highest BCUT2D eigenvalue weighted by molar-refractivity contribution is 5.93. The Morgan fingerprint density at radius 1 is 1.29 bits per heavy atom. The fourth-order valence-corrected chi connectivity index (χ4v) is 1.83. The molecular formula is C16H18N4O. The summed E-state index contributed by atoms with van der Waals surface area (Å²) in [6.45, 7) is 4.69. The molecule has 1 N–H and O–H groups in total. The van der Waals surface area contributed by atoms with Crippen molar-refractivity contribution in [1.29, 1.82) is 0 Å². The van der Waals surface area contributed by atoms with Gasteiger partial charge in [-0.15, -0.1) is 6.58 Å². The molecule has 0 aliphatic heterocycles. The lowest BCUT2D eigenvalue weighted by atomic mass is 10.2. The smallest absolute Gasteiger partial charge is 0.254 e. The van der Waals surface area contributed by atoms with E-state index in [0.717, 1.165) is 0 Å². The van der Waals surface area contributed by atoms with Crippen LogP contribution in [0.5, 0.6) is 0 Å². The largest absolute Gasteiger partial charge is 0.348 e. The van der Waals surface area contributed by atoms with Crippen LogP contribution in [0.2, 0.25) is 0 Å². The first-order valence-corrected chi connectivity index (χ1v) is 6.67. The van der Waals surface area contributed by atoms with Crippen molar-refractivity contribution >= 4 is 11.9 Å². The lowest BCUT2D eigenvalue weighted by Gasteiger charge is -2.16. The van der Waals surface area contributed by atoms with Crippen LogP contribution in [-0.4, -0.2) is 29.5 Å². The zero-order valence-corrected chi connectivity index (χ0v) is 12.0. The Kier molecular flexibility index (Phi) is 5.04. The van der Waals surface area contributed by atoms with E-state index in [-0.39, 0.29) is 5.91 Å². The summed E-state index contributed by atoms with van der Waals surface area (Å²) in [6, 6.07) is 10.1. The summed E-state index contributed by atoms with van der Waals surface area (Å²) < 4.78 is 0. The Morgan fingerprint density at radius 3 is 2.57 bits per heavy atom. The normalized spacial score (nSPS) is 9.95. The number of amides is 1. The molecule has 0 saturated carbocycles. The van der Waals surface area contributed by atoms with Crippen molar-refractivity contribution < 1.29 is 4.79 Å². The molecule has 5 nitrogen and oxygen atoms in total. The molecule has 1 amide bonds. The minimum Gasteiger partial charge on any atom is -0.348 e. The summed E-state index contributed by atoms with van der Waals surface area (Å²) in [5.74, 6) is 0.381. The van der Waals surface area contributed by atoms with Crippen molar-refractivity contribution in [2.45, 2.75) is 6.54 Å². The minimum atomic E-state index is -0.202. The van der Waals surface area contributed by atoms with Crippen LogP contribution >= 0.6 is 0 Å². The second kappa shape index (κ2) is 7.19. The minimum absolute atomic E-state index is 0.202. The first-order chi connectivity index (χ1) is 10.2. The van der Waals surface area contributed by atoms with E-state index in [1.165, 1.54) is 18.0 Å². The maximum atomic E-state index is 11.7. The molecular weight excluding hydrogens is 264 g/mol. The van der Waals surface area contributed by atoms with Crippen LogP contribution in [0.25, 0.3) is 0 Å². The molecule has 0 spiro atoms. The van der Waals surface area contributed by atoms with Crippen LogP contribution in [0.15, 0.2) is 55.4 Å². The number of nitrogens with one attached hydrogen (secondary N) is 1. The molecule has 1 aromatic carbocycles. The highest BCUT2D eigenvalue weighted by Crippen LogP contribution is 2.10. The fraction of sp³-hybridized carbons (Fsp3) is 0.188. The molecule has 0 saturated heterocycles. The molecule has 2 aromatic rings. The first-order valence-electron chi connectivity index (χ1n) is 6.67. The third-order valence-corrected chi connectivity index (χ3v) is 2.91. The van der Waals surface area contributed by atoms with Gasteiger partial charge in [0.25, 0.3) is 5.91 Å². The Balaban J connectivity index is 2.01. The molecule has 0 unspecified atom stereocenters. The quantitative estimate of drug-likeness (QED) is 0.824. The summed E-state index contributed by atoms with van der Waals surface area (Å²) >= 11 is 0. The van der Waals surface area contributed by atoms with E-state index >= 15 is 0 Å². The lowest BCUT2D eigenvalue weighted by molar-refractivity contribution is 0.0957. The molecule has 0 aliphatic carbocycles. The van der Waals surface area contributed by atoms with E-state index in [9.17, 15) is 4.79 Å². The number of anilines is 1. The summed E-state index contributed by atoms with van der Waals surface area (Å²) in [7, 11) is 1.92. The molecule has 108 valence electrons. The summed E-state index contributed by atoms with van der Waals surface area (Å²) in [6.07, 6.45) is 4.69. The topological polar surface area (TPSA) is 58.1 Å². The van der Waals surface area contributed by atoms with Crippen LogP contribution in [0, 0.1) is 0 Å². The highest BCUT2D eigenvalue weighted by atomic mass is 16.1. The molecule has 5 heteroatoms. The van der Waals surface area contributed by atoms with Crippen molar-refractivity contribution in [1.82, 2.24) is 15.3 Å². The Bertz CT molecular complexity index is 595. The van der Waals surface area contributed by atoms with Crippen LogP contribution < -0.4 is 10.2 Å². The molecule has 0 radical (unpaired) electrons. The van der Waals surface area contributed by atoms with Crippen LogP contribution in [0.1, 0.15) is 15.9 Å². The van der Waals surface area contributed by atoms with E-state index < -0.39 is 0 Å². The summed E-state index contributed by atoms with van der Waals surface area (Å²) in [5, 5.41) is 2.69. The number of carbonyl (C=O) groups is 1. The van der Waals surface area contributed by atoms with Crippen LogP contribution in [-0.2, 0) is 6.54 Å². The molecule has 0 aliphatic rings. The molecule has 0 fully saturated rings. The number of carbonyl (C=O) groups excluding carboxylic acids is 1. The van der Waals surface area contributed by atoms with Crippen molar-refractivity contribution in [3.8, 4) is 0 Å². The molecule has 2 rings (SSSR count). The number of rotatable bonds is 6. The predicted octanol–water partition coefficient (Wildman–Crippen LogP) is 2.03. The van der Waals surface area contributed by atoms with Crippen molar-refractivity contribution in [3.63, 3.8) is 0 Å². The van der Waals surface area contributed by atoms with Gasteiger partial charge in [0.2, 0.25) is 5.95 Å². The molecule has 0 atom stereocenters. The Morgan fingerprint density at radius 2 is 1.95 bits per heavy atom. The van der Waals surface area contributed by atoms with Gasteiger partial charge in [0.05, 0.1) is 5.56 Å². The summed E-state index contributed by atoms with van der Waals surface area (Å²) in [4.78, 5) is 22.1. The SMILES string of the molecule is C=CCNC(=O)c1cnc(N(C)Cc2ccccc2)nc1. The van der Waals surface area contributed by atoms with Crippen molar-refractivity contribution in [2.24, 2.45) is 0 Å². The number of nitrogens with zero attached hydrogens (tertiary/aromatic N) is 3. The molecule has 21 heavy (non-hydrogen) atoms. The van der Waals surface area contributed by atoms with Gasteiger partial charge in [-0.3, -0.25) is 4.79 Å². The molecule has 1 heterocycles. The summed E-state index contributed by atoms with van der Waals surface area (Å²) in [5.41, 5.74) is 1.62. The fourth-order valence-electron chi connectivity index (χ4n) is 1.83. The van der Waals surface area contributed by atoms with Crippen molar-refractivity contribution in [3.05, 3.63) is 66.5 Å². The lowest BCUT2D eigenvalue weighted by Crippen LogP contribution is -2.24.